The number of nitrogens with zero attached hydrogens (tertiary/aromatic N) is 1. The molecule has 0 aliphatic rings. The van der Waals surface area contributed by atoms with Crippen LogP contribution in [0.4, 0.5) is 0 Å². The fraction of sp³-hybridized carbons (Fsp3) is 0.750. The normalized spacial score (nSPS) is 12.2. The van der Waals surface area contributed by atoms with Gasteiger partial charge in [0.2, 0.25) is 0 Å². The van der Waals surface area contributed by atoms with Crippen LogP contribution >= 0.6 is 0 Å². The summed E-state index contributed by atoms with van der Waals surface area (Å²) in [5.74, 6) is -0.465. The molecule has 0 aromatic carbocycles. The maximum Gasteiger partial charge on any atom is 0.308 e. The maximum atomic E-state index is 10.8. The van der Waals surface area contributed by atoms with E-state index in [1.807, 2.05) is 0 Å². The number of rotatable bonds is 4. The van der Waals surface area contributed by atoms with E-state index in [0.717, 1.165) is 0 Å². The number of hydrogen-bond acceptors (Lipinski definition) is 4. The highest BCUT2D eigenvalue weighted by atomic mass is 16.5. The molecule has 0 aromatic heterocycles. The monoisotopic (exact) mass is 171 g/mol. The van der Waals surface area contributed by atoms with Crippen LogP contribution in [0.3, 0.4) is 0 Å². The minimum Gasteiger partial charge on any atom is -0.463 e. The van der Waals surface area contributed by atoms with E-state index < -0.39 is 12.1 Å². The van der Waals surface area contributed by atoms with Crippen LogP contribution < -0.4 is 0 Å². The Balaban J connectivity index is 3.63. The van der Waals surface area contributed by atoms with Crippen LogP contribution in [0.15, 0.2) is 0 Å². The molecule has 1 unspecified atom stereocenters. The molecule has 1 atom stereocenters. The number of carbonyl (C=O) groups excluding carboxylic acids is 1. The quantitative estimate of drug-likeness (QED) is 0.629. The molecule has 0 aromatic rings. The van der Waals surface area contributed by atoms with Crippen LogP contribution in [0.25, 0.3) is 0 Å². The molecule has 0 rings (SSSR count). The lowest BCUT2D eigenvalue weighted by molar-refractivity contribution is -0.149. The van der Waals surface area contributed by atoms with Crippen molar-refractivity contribution in [3.63, 3.8) is 0 Å². The van der Waals surface area contributed by atoms with E-state index in [0.29, 0.717) is 0 Å². The molecule has 0 fully saturated rings. The van der Waals surface area contributed by atoms with Crippen LogP contribution in [0.5, 0.6) is 0 Å². The Hall–Kier alpha value is -1.08. The van der Waals surface area contributed by atoms with Crippen LogP contribution in [-0.2, 0) is 9.53 Å². The van der Waals surface area contributed by atoms with Crippen molar-refractivity contribution in [2.24, 2.45) is 0 Å². The molecule has 0 saturated carbocycles. The molecular weight excluding hydrogens is 158 g/mol. The first-order valence-electron chi connectivity index (χ1n) is 3.80. The summed E-state index contributed by atoms with van der Waals surface area (Å²) >= 11 is 0. The Kier molecular flexibility index (Phi) is 5.06. The van der Waals surface area contributed by atoms with Gasteiger partial charge >= 0.3 is 5.97 Å². The first kappa shape index (κ1) is 10.9. The predicted molar refractivity (Wildman–Crippen MR) is 42.1 cm³/mol. The average Bonchev–Trinajstić information content (AvgIpc) is 1.84. The Morgan fingerprint density at radius 3 is 2.67 bits per heavy atom. The van der Waals surface area contributed by atoms with E-state index in [-0.39, 0.29) is 18.9 Å². The second-order valence-electron chi connectivity index (χ2n) is 2.76. The SMILES string of the molecule is CC(C)OC(=O)CC(O)CC#N. The lowest BCUT2D eigenvalue weighted by Gasteiger charge is -2.09. The Morgan fingerprint density at radius 2 is 2.25 bits per heavy atom. The fourth-order valence-corrected chi connectivity index (χ4v) is 0.681. The summed E-state index contributed by atoms with van der Waals surface area (Å²) in [6.07, 6.45) is -1.22. The van der Waals surface area contributed by atoms with Gasteiger partial charge in [-0.1, -0.05) is 0 Å². The first-order chi connectivity index (χ1) is 5.56. The largest absolute Gasteiger partial charge is 0.463 e. The van der Waals surface area contributed by atoms with Crippen molar-refractivity contribution < 1.29 is 14.6 Å². The van der Waals surface area contributed by atoms with Gasteiger partial charge in [-0.25, -0.2) is 0 Å². The molecule has 0 radical (unpaired) electrons. The molecule has 4 heteroatoms. The smallest absolute Gasteiger partial charge is 0.308 e. The molecule has 0 heterocycles. The van der Waals surface area contributed by atoms with Gasteiger partial charge in [0, 0.05) is 0 Å². The zero-order valence-corrected chi connectivity index (χ0v) is 7.28. The molecule has 1 N–H and O–H groups in total. The predicted octanol–water partition coefficient (Wildman–Crippen LogP) is 0.603. The van der Waals surface area contributed by atoms with E-state index in [2.05, 4.69) is 0 Å². The second kappa shape index (κ2) is 5.56. The van der Waals surface area contributed by atoms with Crippen molar-refractivity contribution in [2.75, 3.05) is 0 Å². The summed E-state index contributed by atoms with van der Waals surface area (Å²) in [4.78, 5) is 10.8. The first-order valence-corrected chi connectivity index (χ1v) is 3.80. The molecule has 0 aliphatic carbocycles. The lowest BCUT2D eigenvalue weighted by Crippen LogP contribution is -2.18. The topological polar surface area (TPSA) is 70.3 Å². The standard InChI is InChI=1S/C8H13NO3/c1-6(2)12-8(11)5-7(10)3-4-9/h6-7,10H,3,5H2,1-2H3. The highest BCUT2D eigenvalue weighted by Crippen LogP contribution is 2.00. The lowest BCUT2D eigenvalue weighted by atomic mass is 10.2. The Bertz CT molecular complexity index is 183. The van der Waals surface area contributed by atoms with Gasteiger partial charge in [0.15, 0.2) is 0 Å². The highest BCUT2D eigenvalue weighted by Gasteiger charge is 2.12. The van der Waals surface area contributed by atoms with Gasteiger partial charge in [0.1, 0.15) is 0 Å². The summed E-state index contributed by atoms with van der Waals surface area (Å²) in [7, 11) is 0. The third-order valence-corrected chi connectivity index (χ3v) is 1.10. The molecule has 0 amide bonds. The van der Waals surface area contributed by atoms with Crippen molar-refractivity contribution in [3.8, 4) is 6.07 Å². The van der Waals surface area contributed by atoms with Crippen molar-refractivity contribution in [1.82, 2.24) is 0 Å². The molecule has 12 heavy (non-hydrogen) atoms. The summed E-state index contributed by atoms with van der Waals surface area (Å²) in [6, 6.07) is 1.77. The summed E-state index contributed by atoms with van der Waals surface area (Å²) in [5.41, 5.74) is 0. The van der Waals surface area contributed by atoms with E-state index in [4.69, 9.17) is 15.1 Å². The molecule has 4 nitrogen and oxygen atoms in total. The zero-order chi connectivity index (χ0) is 9.56. The minimum atomic E-state index is -0.902. The highest BCUT2D eigenvalue weighted by molar-refractivity contribution is 5.70. The molecule has 0 bridgehead atoms. The fourth-order valence-electron chi connectivity index (χ4n) is 0.681. The number of esters is 1. The van der Waals surface area contributed by atoms with E-state index in [9.17, 15) is 4.79 Å². The number of hydrogen-bond donors (Lipinski definition) is 1. The third kappa shape index (κ3) is 5.69. The molecule has 0 aliphatic heterocycles. The van der Waals surface area contributed by atoms with Crippen molar-refractivity contribution in [3.05, 3.63) is 0 Å². The maximum absolute atomic E-state index is 10.8. The van der Waals surface area contributed by atoms with Crippen LogP contribution in [0.1, 0.15) is 26.7 Å². The Labute approximate surface area is 71.8 Å². The molecule has 0 saturated heterocycles. The molecule has 0 spiro atoms. The number of nitriles is 1. The number of ether oxygens (including phenoxy) is 1. The van der Waals surface area contributed by atoms with E-state index in [1.165, 1.54) is 0 Å². The van der Waals surface area contributed by atoms with Crippen LogP contribution in [-0.4, -0.2) is 23.3 Å². The van der Waals surface area contributed by atoms with Crippen LogP contribution in [0, 0.1) is 11.3 Å². The van der Waals surface area contributed by atoms with Gasteiger partial charge in [-0.15, -0.1) is 0 Å². The molecule has 68 valence electrons. The van der Waals surface area contributed by atoms with Gasteiger partial charge in [-0.2, -0.15) is 5.26 Å². The van der Waals surface area contributed by atoms with Gasteiger partial charge in [-0.05, 0) is 13.8 Å². The van der Waals surface area contributed by atoms with Crippen molar-refractivity contribution in [2.45, 2.75) is 38.9 Å². The molecular formula is C8H13NO3. The zero-order valence-electron chi connectivity index (χ0n) is 7.28. The number of aliphatic hydroxyl groups excluding tert-OH is 1. The van der Waals surface area contributed by atoms with Crippen molar-refractivity contribution >= 4 is 5.97 Å². The van der Waals surface area contributed by atoms with Gasteiger partial charge < -0.3 is 9.84 Å². The summed E-state index contributed by atoms with van der Waals surface area (Å²) in [6.45, 7) is 3.46. The van der Waals surface area contributed by atoms with Crippen molar-refractivity contribution in [1.29, 1.82) is 5.26 Å². The average molecular weight is 171 g/mol. The second-order valence-corrected chi connectivity index (χ2v) is 2.76. The summed E-state index contributed by atoms with van der Waals surface area (Å²) in [5, 5.41) is 17.2. The van der Waals surface area contributed by atoms with E-state index >= 15 is 0 Å². The van der Waals surface area contributed by atoms with E-state index in [1.54, 1.807) is 19.9 Å². The Morgan fingerprint density at radius 1 is 1.67 bits per heavy atom. The number of aliphatic hydroxyl groups is 1. The minimum absolute atomic E-state index is 0.0345. The third-order valence-electron chi connectivity index (χ3n) is 1.10. The summed E-state index contributed by atoms with van der Waals surface area (Å²) < 4.78 is 4.76. The van der Waals surface area contributed by atoms with Gasteiger partial charge in [0.05, 0.1) is 31.1 Å². The van der Waals surface area contributed by atoms with Gasteiger partial charge in [-0.3, -0.25) is 4.79 Å². The number of carbonyl (C=O) groups is 1. The van der Waals surface area contributed by atoms with Crippen LogP contribution in [0.2, 0.25) is 0 Å². The van der Waals surface area contributed by atoms with Gasteiger partial charge in [0.25, 0.3) is 0 Å².